The fourth-order valence-electron chi connectivity index (χ4n) is 1.90. The zero-order valence-electron chi connectivity index (χ0n) is 9.57. The van der Waals surface area contributed by atoms with Gasteiger partial charge in [-0.15, -0.1) is 5.46 Å². The molecule has 94 valence electrons. The minimum absolute atomic E-state index is 0. The molecule has 8 heteroatoms. The van der Waals surface area contributed by atoms with Crippen molar-refractivity contribution in [2.75, 3.05) is 0 Å². The van der Waals surface area contributed by atoms with Crippen LogP contribution < -0.4 is 56.8 Å². The van der Waals surface area contributed by atoms with Crippen LogP contribution in [0.25, 0.3) is 0 Å². The maximum absolute atomic E-state index is 12.7. The monoisotopic (exact) mass is 292 g/mol. The zero-order chi connectivity index (χ0) is 12.9. The molecule has 1 saturated carbocycles. The van der Waals surface area contributed by atoms with Gasteiger partial charge in [0.05, 0.1) is 5.41 Å². The zero-order valence-corrected chi connectivity index (χ0v) is 12.7. The van der Waals surface area contributed by atoms with E-state index in [9.17, 15) is 26.1 Å². The van der Waals surface area contributed by atoms with Crippen molar-refractivity contribution >= 4 is 12.4 Å². The van der Waals surface area contributed by atoms with Gasteiger partial charge in [0, 0.05) is 0 Å². The van der Waals surface area contributed by atoms with E-state index in [4.69, 9.17) is 0 Å². The Kier molecular flexibility index (Phi) is 4.71. The quantitative estimate of drug-likeness (QED) is 0.545. The molecule has 1 aromatic rings. The second kappa shape index (κ2) is 5.12. The van der Waals surface area contributed by atoms with Crippen molar-refractivity contribution in [3.63, 3.8) is 0 Å². The first-order valence-corrected chi connectivity index (χ1v) is 5.04. The van der Waals surface area contributed by atoms with Gasteiger partial charge in [-0.1, -0.05) is 24.3 Å². The van der Waals surface area contributed by atoms with Crippen molar-refractivity contribution in [2.24, 2.45) is 0 Å². The van der Waals surface area contributed by atoms with Crippen molar-refractivity contribution < 1.29 is 77.5 Å². The van der Waals surface area contributed by atoms with Crippen LogP contribution in [0.2, 0.25) is 0 Å². The summed E-state index contributed by atoms with van der Waals surface area (Å²) in [6.07, 6.45) is -4.75. The molecule has 0 spiro atoms. The van der Waals surface area contributed by atoms with Gasteiger partial charge in [0.25, 0.3) is 0 Å². The Morgan fingerprint density at radius 3 is 2.00 bits per heavy atom. The number of hydrogen-bond donors (Lipinski definition) is 0. The summed E-state index contributed by atoms with van der Waals surface area (Å²) >= 11 is 0. The molecule has 0 heterocycles. The Bertz CT molecular complexity index is 435. The van der Waals surface area contributed by atoms with Crippen molar-refractivity contribution in [1.29, 1.82) is 0 Å². The number of halogens is 6. The first-order chi connectivity index (χ1) is 7.67. The van der Waals surface area contributed by atoms with Crippen LogP contribution in [0, 0.1) is 0 Å². The Hall–Kier alpha value is 0.501. The minimum atomic E-state index is -5.26. The Morgan fingerprint density at radius 1 is 1.06 bits per heavy atom. The molecule has 1 aliphatic rings. The van der Waals surface area contributed by atoms with Gasteiger partial charge in [0.1, 0.15) is 0 Å². The summed E-state index contributed by atoms with van der Waals surface area (Å²) in [7, 11) is 0. The van der Waals surface area contributed by atoms with Crippen LogP contribution in [0.5, 0.6) is 0 Å². The molecule has 1 aromatic carbocycles. The van der Waals surface area contributed by atoms with Crippen molar-refractivity contribution in [3.05, 3.63) is 29.8 Å². The van der Waals surface area contributed by atoms with Crippen LogP contribution >= 0.6 is 0 Å². The molecule has 0 radical (unpaired) electrons. The number of benzene rings is 1. The normalized spacial score (nSPS) is 18.1. The Balaban J connectivity index is 0.00000162. The van der Waals surface area contributed by atoms with Gasteiger partial charge in [0.2, 0.25) is 0 Å². The Labute approximate surface area is 143 Å². The average Bonchev–Trinajstić information content (AvgIpc) is 2.96. The molecule has 1 aliphatic carbocycles. The summed E-state index contributed by atoms with van der Waals surface area (Å²) in [6.45, 7) is -5.26. The maximum Gasteiger partial charge on any atom is 1.00 e. The summed E-state index contributed by atoms with van der Waals surface area (Å²) in [4.78, 5) is 0. The number of alkyl halides is 3. The third-order valence-corrected chi connectivity index (χ3v) is 3.11. The van der Waals surface area contributed by atoms with Crippen molar-refractivity contribution in [2.45, 2.75) is 24.4 Å². The van der Waals surface area contributed by atoms with Gasteiger partial charge in [-0.25, -0.2) is 0 Å². The smallest absolute Gasteiger partial charge is 0.445 e. The topological polar surface area (TPSA) is 0 Å². The first-order valence-electron chi connectivity index (χ1n) is 5.04. The van der Waals surface area contributed by atoms with Gasteiger partial charge < -0.3 is 12.9 Å². The largest absolute Gasteiger partial charge is 1.00 e. The predicted octanol–water partition coefficient (Wildman–Crippen LogP) is 0.339. The van der Waals surface area contributed by atoms with Gasteiger partial charge in [0.15, 0.2) is 0 Å². The van der Waals surface area contributed by atoms with Crippen molar-refractivity contribution in [3.8, 4) is 0 Å². The van der Waals surface area contributed by atoms with Gasteiger partial charge in [-0.2, -0.15) is 13.2 Å². The molecule has 0 atom stereocenters. The molecule has 2 rings (SSSR count). The molecule has 0 unspecified atom stereocenters. The fraction of sp³-hybridized carbons (Fsp3) is 0.400. The minimum Gasteiger partial charge on any atom is -0.445 e. The van der Waals surface area contributed by atoms with Crippen LogP contribution in [-0.4, -0.2) is 13.2 Å². The van der Waals surface area contributed by atoms with E-state index in [-0.39, 0.29) is 69.8 Å². The van der Waals surface area contributed by atoms with Gasteiger partial charge >= 0.3 is 64.5 Å². The van der Waals surface area contributed by atoms with Crippen LogP contribution in [-0.2, 0) is 5.41 Å². The molecule has 0 nitrogen and oxygen atoms in total. The average molecular weight is 292 g/mol. The molecule has 0 N–H and O–H groups in total. The third kappa shape index (κ3) is 2.98. The van der Waals surface area contributed by atoms with E-state index in [0.717, 1.165) is 18.2 Å². The van der Waals surface area contributed by atoms with Crippen LogP contribution in [0.3, 0.4) is 0 Å². The molecular formula is C10H8BF6K. The standard InChI is InChI=1S/C10H8BF6.K/c12-10(13,14)9(4-5-9)7-2-1-3-8(6-7)11(15,16)17;/h1-3,6H,4-5H2;/q-1;+1. The van der Waals surface area contributed by atoms with E-state index in [2.05, 4.69) is 0 Å². The summed E-state index contributed by atoms with van der Waals surface area (Å²) in [5, 5.41) is 0. The molecule has 18 heavy (non-hydrogen) atoms. The molecule has 0 aliphatic heterocycles. The van der Waals surface area contributed by atoms with E-state index in [0.29, 0.717) is 6.07 Å². The summed E-state index contributed by atoms with van der Waals surface area (Å²) in [5.41, 5.74) is -3.30. The summed E-state index contributed by atoms with van der Waals surface area (Å²) < 4.78 is 75.6. The third-order valence-electron chi connectivity index (χ3n) is 3.11. The van der Waals surface area contributed by atoms with E-state index in [1.165, 1.54) is 0 Å². The van der Waals surface area contributed by atoms with Crippen molar-refractivity contribution in [1.82, 2.24) is 0 Å². The molecular weight excluding hydrogens is 284 g/mol. The fourth-order valence-corrected chi connectivity index (χ4v) is 1.90. The second-order valence-electron chi connectivity index (χ2n) is 4.28. The molecule has 0 amide bonds. The van der Waals surface area contributed by atoms with Crippen LogP contribution in [0.4, 0.5) is 26.1 Å². The molecule has 0 aromatic heterocycles. The SMILES string of the molecule is F[B-](F)(F)c1cccc(C2(C(F)(F)F)CC2)c1.[K+]. The number of rotatable bonds is 2. The maximum atomic E-state index is 12.7. The molecule has 1 fully saturated rings. The number of hydrogen-bond acceptors (Lipinski definition) is 0. The molecule has 0 bridgehead atoms. The van der Waals surface area contributed by atoms with E-state index >= 15 is 0 Å². The van der Waals surface area contributed by atoms with E-state index in [1.807, 2.05) is 0 Å². The first kappa shape index (κ1) is 16.6. The predicted molar refractivity (Wildman–Crippen MR) is 52.1 cm³/mol. The van der Waals surface area contributed by atoms with E-state index < -0.39 is 24.0 Å². The van der Waals surface area contributed by atoms with Gasteiger partial charge in [-0.05, 0) is 18.4 Å². The summed E-state index contributed by atoms with van der Waals surface area (Å²) in [6, 6.07) is 3.58. The molecule has 0 saturated heterocycles. The van der Waals surface area contributed by atoms with Crippen LogP contribution in [0.15, 0.2) is 24.3 Å². The Morgan fingerprint density at radius 2 is 1.61 bits per heavy atom. The van der Waals surface area contributed by atoms with Crippen LogP contribution in [0.1, 0.15) is 18.4 Å². The summed E-state index contributed by atoms with van der Waals surface area (Å²) in [5.74, 6) is 0. The van der Waals surface area contributed by atoms with Gasteiger partial charge in [-0.3, -0.25) is 0 Å². The second-order valence-corrected chi connectivity index (χ2v) is 4.28. The van der Waals surface area contributed by atoms with E-state index in [1.54, 1.807) is 0 Å².